The van der Waals surface area contributed by atoms with E-state index < -0.39 is 0 Å². The van der Waals surface area contributed by atoms with Gasteiger partial charge in [0.05, 0.1) is 19.2 Å². The summed E-state index contributed by atoms with van der Waals surface area (Å²) in [6.45, 7) is 2.41. The van der Waals surface area contributed by atoms with Crippen LogP contribution < -0.4 is 4.74 Å². The van der Waals surface area contributed by atoms with Gasteiger partial charge in [-0.15, -0.1) is 10.2 Å². The van der Waals surface area contributed by atoms with E-state index in [1.165, 1.54) is 4.80 Å². The van der Waals surface area contributed by atoms with Crippen LogP contribution in [0.15, 0.2) is 4.52 Å². The second-order valence-corrected chi connectivity index (χ2v) is 3.53. The van der Waals surface area contributed by atoms with Gasteiger partial charge in [0.1, 0.15) is 0 Å². The molecule has 0 unspecified atom stereocenters. The van der Waals surface area contributed by atoms with E-state index >= 15 is 0 Å². The normalized spacial score (nSPS) is 10.7. The summed E-state index contributed by atoms with van der Waals surface area (Å²) in [5.74, 6) is 1.34. The second kappa shape index (κ2) is 4.60. The molecule has 8 heteroatoms. The van der Waals surface area contributed by atoms with Crippen LogP contribution in [-0.4, -0.2) is 32.0 Å². The molecule has 0 saturated heterocycles. The predicted octanol–water partition coefficient (Wildman–Crippen LogP) is 1.16. The molecular weight excluding hydrogens is 278 g/mol. The molecule has 2 heterocycles. The zero-order valence-electron chi connectivity index (χ0n) is 8.84. The Hall–Kier alpha value is -1.44. The molecule has 0 amide bonds. The SMILES string of the molecule is CCOc1noc(-c2nnn(C)n2)c1CBr. The van der Waals surface area contributed by atoms with Crippen molar-refractivity contribution in [1.29, 1.82) is 0 Å². The van der Waals surface area contributed by atoms with Gasteiger partial charge in [-0.25, -0.2) is 0 Å². The highest BCUT2D eigenvalue weighted by Gasteiger charge is 2.21. The monoisotopic (exact) mass is 287 g/mol. The van der Waals surface area contributed by atoms with Crippen molar-refractivity contribution in [2.24, 2.45) is 7.05 Å². The van der Waals surface area contributed by atoms with E-state index in [4.69, 9.17) is 9.26 Å². The predicted molar refractivity (Wildman–Crippen MR) is 58.1 cm³/mol. The molecule has 86 valence electrons. The van der Waals surface area contributed by atoms with Gasteiger partial charge in [-0.05, 0) is 17.3 Å². The maximum Gasteiger partial charge on any atom is 0.258 e. The number of rotatable bonds is 4. The number of hydrogen-bond donors (Lipinski definition) is 0. The van der Waals surface area contributed by atoms with Crippen molar-refractivity contribution in [2.75, 3.05) is 6.61 Å². The summed E-state index contributed by atoms with van der Waals surface area (Å²) in [4.78, 5) is 1.36. The van der Waals surface area contributed by atoms with Crippen LogP contribution in [0.3, 0.4) is 0 Å². The van der Waals surface area contributed by atoms with Crippen molar-refractivity contribution in [3.8, 4) is 17.5 Å². The number of ether oxygens (including phenoxy) is 1. The fourth-order valence-electron chi connectivity index (χ4n) is 1.21. The zero-order chi connectivity index (χ0) is 11.5. The van der Waals surface area contributed by atoms with E-state index in [9.17, 15) is 0 Å². The third kappa shape index (κ3) is 1.92. The molecule has 0 aromatic carbocycles. The van der Waals surface area contributed by atoms with Crippen molar-refractivity contribution in [3.63, 3.8) is 0 Å². The third-order valence-corrected chi connectivity index (χ3v) is 2.44. The van der Waals surface area contributed by atoms with Crippen molar-refractivity contribution in [1.82, 2.24) is 25.4 Å². The van der Waals surface area contributed by atoms with E-state index in [0.29, 0.717) is 29.4 Å². The van der Waals surface area contributed by atoms with Crippen LogP contribution in [0.4, 0.5) is 0 Å². The third-order valence-electron chi connectivity index (χ3n) is 1.88. The Bertz CT molecular complexity index is 480. The lowest BCUT2D eigenvalue weighted by Crippen LogP contribution is -1.95. The van der Waals surface area contributed by atoms with Crippen LogP contribution in [0.5, 0.6) is 5.88 Å². The minimum atomic E-state index is 0.399. The maximum absolute atomic E-state index is 5.32. The fourth-order valence-corrected chi connectivity index (χ4v) is 1.71. The molecule has 0 bridgehead atoms. The number of aryl methyl sites for hydroxylation is 1. The zero-order valence-corrected chi connectivity index (χ0v) is 10.4. The molecule has 0 aliphatic rings. The Morgan fingerprint density at radius 1 is 1.50 bits per heavy atom. The highest BCUT2D eigenvalue weighted by atomic mass is 79.9. The summed E-state index contributed by atoms with van der Waals surface area (Å²) in [5, 5.41) is 16.0. The van der Waals surface area contributed by atoms with Crippen LogP contribution in [0, 0.1) is 0 Å². The number of halogens is 1. The lowest BCUT2D eigenvalue weighted by Gasteiger charge is -1.98. The highest BCUT2D eigenvalue weighted by Crippen LogP contribution is 2.29. The highest BCUT2D eigenvalue weighted by molar-refractivity contribution is 9.08. The Morgan fingerprint density at radius 3 is 2.88 bits per heavy atom. The maximum atomic E-state index is 5.32. The van der Waals surface area contributed by atoms with Crippen LogP contribution in [0.25, 0.3) is 11.6 Å². The van der Waals surface area contributed by atoms with Gasteiger partial charge < -0.3 is 9.26 Å². The molecule has 16 heavy (non-hydrogen) atoms. The summed E-state index contributed by atoms with van der Waals surface area (Å²) in [7, 11) is 1.68. The molecule has 7 nitrogen and oxygen atoms in total. The number of tetrazole rings is 1. The molecule has 0 aliphatic heterocycles. The van der Waals surface area contributed by atoms with Gasteiger partial charge in [-0.2, -0.15) is 4.80 Å². The summed E-state index contributed by atoms with van der Waals surface area (Å²) in [6.07, 6.45) is 0. The number of aromatic nitrogens is 5. The molecule has 0 N–H and O–H groups in total. The molecule has 0 radical (unpaired) electrons. The van der Waals surface area contributed by atoms with Gasteiger partial charge in [-0.1, -0.05) is 15.9 Å². The molecule has 0 atom stereocenters. The summed E-state index contributed by atoms with van der Waals surface area (Å²) in [6, 6.07) is 0. The first-order chi connectivity index (χ1) is 7.76. The molecule has 2 aromatic rings. The average Bonchev–Trinajstić information content (AvgIpc) is 2.85. The first-order valence-corrected chi connectivity index (χ1v) is 5.80. The Balaban J connectivity index is 2.41. The number of hydrogen-bond acceptors (Lipinski definition) is 6. The van der Waals surface area contributed by atoms with Gasteiger partial charge in [0.2, 0.25) is 11.6 Å². The lowest BCUT2D eigenvalue weighted by molar-refractivity contribution is 0.295. The molecule has 2 aromatic heterocycles. The second-order valence-electron chi connectivity index (χ2n) is 2.96. The molecule has 0 aliphatic carbocycles. The van der Waals surface area contributed by atoms with E-state index in [1.807, 2.05) is 6.92 Å². The summed E-state index contributed by atoms with van der Waals surface area (Å²) >= 11 is 3.35. The first-order valence-electron chi connectivity index (χ1n) is 4.68. The van der Waals surface area contributed by atoms with Crippen LogP contribution in [0.1, 0.15) is 12.5 Å². The van der Waals surface area contributed by atoms with Crippen LogP contribution in [0.2, 0.25) is 0 Å². The quantitative estimate of drug-likeness (QED) is 0.785. The minimum absolute atomic E-state index is 0.399. The Morgan fingerprint density at radius 2 is 2.31 bits per heavy atom. The number of alkyl halides is 1. The average molecular weight is 288 g/mol. The van der Waals surface area contributed by atoms with Gasteiger partial charge in [0, 0.05) is 5.33 Å². The van der Waals surface area contributed by atoms with Gasteiger partial charge in [0.15, 0.2) is 0 Å². The minimum Gasteiger partial charge on any atom is -0.476 e. The van der Waals surface area contributed by atoms with E-state index in [2.05, 4.69) is 36.5 Å². The van der Waals surface area contributed by atoms with Crippen molar-refractivity contribution in [3.05, 3.63) is 5.56 Å². The molecule has 0 fully saturated rings. The molecule has 0 spiro atoms. The van der Waals surface area contributed by atoms with Crippen molar-refractivity contribution >= 4 is 15.9 Å². The Kier molecular flexibility index (Phi) is 3.18. The largest absolute Gasteiger partial charge is 0.476 e. The summed E-state index contributed by atoms with van der Waals surface area (Å²) in [5.41, 5.74) is 0.787. The fraction of sp³-hybridized carbons (Fsp3) is 0.500. The number of nitrogens with zero attached hydrogens (tertiary/aromatic N) is 5. The van der Waals surface area contributed by atoms with Gasteiger partial charge in [-0.3, -0.25) is 0 Å². The Labute approximate surface area is 99.9 Å². The van der Waals surface area contributed by atoms with Gasteiger partial charge in [0.25, 0.3) is 5.88 Å². The van der Waals surface area contributed by atoms with Crippen LogP contribution >= 0.6 is 15.9 Å². The smallest absolute Gasteiger partial charge is 0.258 e. The topological polar surface area (TPSA) is 78.9 Å². The van der Waals surface area contributed by atoms with Crippen LogP contribution in [-0.2, 0) is 12.4 Å². The molecule has 2 rings (SSSR count). The van der Waals surface area contributed by atoms with Crippen molar-refractivity contribution < 1.29 is 9.26 Å². The van der Waals surface area contributed by atoms with Crippen molar-refractivity contribution in [2.45, 2.75) is 12.3 Å². The molecular formula is C8H10BrN5O2. The summed E-state index contributed by atoms with van der Waals surface area (Å²) < 4.78 is 10.5. The van der Waals surface area contributed by atoms with E-state index in [0.717, 1.165) is 5.56 Å². The molecule has 0 saturated carbocycles. The lowest BCUT2D eigenvalue weighted by atomic mass is 10.3. The van der Waals surface area contributed by atoms with E-state index in [1.54, 1.807) is 7.05 Å². The van der Waals surface area contributed by atoms with Gasteiger partial charge >= 0.3 is 0 Å². The first kappa shape index (κ1) is 11.1. The standard InChI is InChI=1S/C8H10BrN5O2/c1-3-15-8-5(4-9)6(16-12-8)7-10-13-14(2)11-7/h3-4H2,1-2H3. The van der Waals surface area contributed by atoms with E-state index in [-0.39, 0.29) is 0 Å².